The number of fused-ring (bicyclic) bond motifs is 2. The molecule has 2 aliphatic rings. The van der Waals surface area contributed by atoms with Crippen molar-refractivity contribution in [3.63, 3.8) is 0 Å². The van der Waals surface area contributed by atoms with E-state index in [2.05, 4.69) is 43.4 Å². The van der Waals surface area contributed by atoms with Crippen LogP contribution >= 0.6 is 0 Å². The Bertz CT molecular complexity index is 1170. The van der Waals surface area contributed by atoms with Gasteiger partial charge in [0.15, 0.2) is 5.65 Å². The van der Waals surface area contributed by atoms with Crippen molar-refractivity contribution < 1.29 is 4.74 Å². The van der Waals surface area contributed by atoms with Crippen LogP contribution in [0.25, 0.3) is 22.2 Å². The van der Waals surface area contributed by atoms with Crippen LogP contribution < -0.4 is 4.90 Å². The summed E-state index contributed by atoms with van der Waals surface area (Å²) in [7, 11) is 0. The van der Waals surface area contributed by atoms with Gasteiger partial charge < -0.3 is 9.64 Å². The summed E-state index contributed by atoms with van der Waals surface area (Å²) in [6.07, 6.45) is 4.64. The minimum Gasteiger partial charge on any atom is -0.368 e. The summed E-state index contributed by atoms with van der Waals surface area (Å²) in [6, 6.07) is 10.2. The van der Waals surface area contributed by atoms with Crippen LogP contribution in [0.15, 0.2) is 42.7 Å². The van der Waals surface area contributed by atoms with Gasteiger partial charge in [-0.25, -0.2) is 14.6 Å². The molecule has 0 radical (unpaired) electrons. The van der Waals surface area contributed by atoms with E-state index in [4.69, 9.17) is 9.72 Å². The molecule has 27 heavy (non-hydrogen) atoms. The van der Waals surface area contributed by atoms with Crippen molar-refractivity contribution in [2.24, 2.45) is 0 Å². The molecule has 0 aliphatic carbocycles. The molecule has 5 heterocycles. The Labute approximate surface area is 154 Å². The van der Waals surface area contributed by atoms with E-state index in [1.54, 1.807) is 12.4 Å². The Morgan fingerprint density at radius 3 is 3.04 bits per heavy atom. The predicted octanol–water partition coefficient (Wildman–Crippen LogP) is 1.80. The molecule has 8 heteroatoms. The smallest absolute Gasteiger partial charge is 0.221 e. The van der Waals surface area contributed by atoms with Gasteiger partial charge in [0.25, 0.3) is 0 Å². The molecule has 2 aliphatic heterocycles. The van der Waals surface area contributed by atoms with E-state index >= 15 is 0 Å². The third-order valence-electron chi connectivity index (χ3n) is 5.41. The molecule has 134 valence electrons. The number of epoxide rings is 1. The molecule has 8 nitrogen and oxygen atoms in total. The van der Waals surface area contributed by atoms with Gasteiger partial charge in [-0.3, -0.25) is 4.98 Å². The minimum absolute atomic E-state index is 0.0638. The van der Waals surface area contributed by atoms with Crippen LogP contribution in [0.4, 0.5) is 5.82 Å². The fraction of sp³-hybridized carbons (Fsp3) is 0.316. The topological polar surface area (TPSA) is 85.2 Å². The highest BCUT2D eigenvalue weighted by Crippen LogP contribution is 2.38. The maximum absolute atomic E-state index is 5.59. The van der Waals surface area contributed by atoms with Crippen molar-refractivity contribution in [3.05, 3.63) is 48.3 Å². The molecule has 0 amide bonds. The molecule has 1 aromatic carbocycles. The predicted molar refractivity (Wildman–Crippen MR) is 99.5 cm³/mol. The third-order valence-corrected chi connectivity index (χ3v) is 5.41. The molecule has 2 saturated heterocycles. The monoisotopic (exact) mass is 359 g/mol. The molecule has 2 fully saturated rings. The number of pyridine rings is 1. The fourth-order valence-electron chi connectivity index (χ4n) is 3.78. The molecule has 4 aromatic rings. The summed E-state index contributed by atoms with van der Waals surface area (Å²) in [5.74, 6) is 0.862. The average molecular weight is 359 g/mol. The lowest BCUT2D eigenvalue weighted by atomic mass is 10.1. The van der Waals surface area contributed by atoms with E-state index < -0.39 is 0 Å². The summed E-state index contributed by atoms with van der Waals surface area (Å²) in [6.45, 7) is 3.27. The Hall–Kier alpha value is -3.13. The highest BCUT2D eigenvalue weighted by molar-refractivity contribution is 5.79. The largest absolute Gasteiger partial charge is 0.368 e. The first kappa shape index (κ1) is 15.0. The van der Waals surface area contributed by atoms with Gasteiger partial charge in [-0.2, -0.15) is 0 Å². The first-order chi connectivity index (χ1) is 13.3. The summed E-state index contributed by atoms with van der Waals surface area (Å²) in [5.41, 5.74) is 3.45. The van der Waals surface area contributed by atoms with Gasteiger partial charge in [0.2, 0.25) is 5.65 Å². The molecule has 3 aromatic heterocycles. The highest BCUT2D eigenvalue weighted by atomic mass is 16.6. The number of hydrogen-bond acceptors (Lipinski definition) is 7. The summed E-state index contributed by atoms with van der Waals surface area (Å²) < 4.78 is 7.40. The summed E-state index contributed by atoms with van der Waals surface area (Å²) >= 11 is 0. The van der Waals surface area contributed by atoms with Gasteiger partial charge in [-0.05, 0) is 30.2 Å². The average Bonchev–Trinajstić information content (AvgIpc) is 3.15. The zero-order valence-corrected chi connectivity index (χ0v) is 14.6. The van der Waals surface area contributed by atoms with E-state index in [1.165, 1.54) is 0 Å². The quantitative estimate of drug-likeness (QED) is 0.516. The van der Waals surface area contributed by atoms with Crippen molar-refractivity contribution in [1.29, 1.82) is 0 Å². The van der Waals surface area contributed by atoms with Crippen LogP contribution in [0.1, 0.15) is 12.0 Å². The molecular formula is C19H17N7O. The summed E-state index contributed by atoms with van der Waals surface area (Å²) in [4.78, 5) is 15.9. The standard InChI is InChI=1S/C19H17N7O/c1-2-14-8-13(3-4-15(14)20-6-1)10-26-18-17(23-24-26)21-9-16(22-18)25-7-5-19(11-25)12-27-19/h1-4,6,8-9H,5,7,10-12H2. The first-order valence-electron chi connectivity index (χ1n) is 9.07. The van der Waals surface area contributed by atoms with Gasteiger partial charge >= 0.3 is 0 Å². The van der Waals surface area contributed by atoms with Gasteiger partial charge in [0.05, 0.1) is 31.4 Å². The molecular weight excluding hydrogens is 342 g/mol. The number of rotatable bonds is 3. The Kier molecular flexibility index (Phi) is 3.01. The minimum atomic E-state index is 0.0638. The first-order valence-corrected chi connectivity index (χ1v) is 9.07. The zero-order valence-electron chi connectivity index (χ0n) is 14.6. The second kappa shape index (κ2) is 5.43. The normalized spacial score (nSPS) is 21.6. The molecule has 0 bridgehead atoms. The maximum atomic E-state index is 5.59. The van der Waals surface area contributed by atoms with Crippen LogP contribution in [0.3, 0.4) is 0 Å². The van der Waals surface area contributed by atoms with Crippen molar-refractivity contribution in [2.75, 3.05) is 24.6 Å². The van der Waals surface area contributed by atoms with Gasteiger partial charge in [0.1, 0.15) is 11.4 Å². The Balaban J connectivity index is 1.34. The molecule has 1 atom stereocenters. The summed E-state index contributed by atoms with van der Waals surface area (Å²) in [5, 5.41) is 9.54. The number of nitrogens with zero attached hydrogens (tertiary/aromatic N) is 7. The molecule has 0 N–H and O–H groups in total. The van der Waals surface area contributed by atoms with Crippen LogP contribution in [0.5, 0.6) is 0 Å². The Morgan fingerprint density at radius 2 is 2.15 bits per heavy atom. The van der Waals surface area contributed by atoms with E-state index in [0.717, 1.165) is 48.4 Å². The lowest BCUT2D eigenvalue weighted by Crippen LogP contribution is -2.24. The van der Waals surface area contributed by atoms with Crippen molar-refractivity contribution in [2.45, 2.75) is 18.6 Å². The van der Waals surface area contributed by atoms with E-state index in [1.807, 2.05) is 16.8 Å². The second-order valence-electron chi connectivity index (χ2n) is 7.30. The van der Waals surface area contributed by atoms with Crippen LogP contribution in [0.2, 0.25) is 0 Å². The van der Waals surface area contributed by atoms with Crippen LogP contribution in [0, 0.1) is 0 Å². The molecule has 1 unspecified atom stereocenters. The van der Waals surface area contributed by atoms with Crippen LogP contribution in [-0.4, -0.2) is 55.2 Å². The van der Waals surface area contributed by atoms with Crippen LogP contribution in [-0.2, 0) is 11.3 Å². The SMILES string of the molecule is c1cnc2ccc(Cn3nnc4ncc(N5CCC6(CO6)C5)nc43)cc2c1. The number of aromatic nitrogens is 6. The van der Waals surface area contributed by atoms with Crippen molar-refractivity contribution in [3.8, 4) is 0 Å². The zero-order chi connectivity index (χ0) is 17.8. The maximum Gasteiger partial charge on any atom is 0.221 e. The number of ether oxygens (including phenoxy) is 1. The Morgan fingerprint density at radius 1 is 1.19 bits per heavy atom. The van der Waals surface area contributed by atoms with Gasteiger partial charge in [-0.15, -0.1) is 5.10 Å². The lowest BCUT2D eigenvalue weighted by Gasteiger charge is -2.15. The molecule has 6 rings (SSSR count). The number of anilines is 1. The lowest BCUT2D eigenvalue weighted by molar-refractivity contribution is 0.325. The molecule has 0 saturated carbocycles. The highest BCUT2D eigenvalue weighted by Gasteiger charge is 2.50. The van der Waals surface area contributed by atoms with E-state index in [9.17, 15) is 0 Å². The van der Waals surface area contributed by atoms with Gasteiger partial charge in [-0.1, -0.05) is 17.3 Å². The second-order valence-corrected chi connectivity index (χ2v) is 7.30. The van der Waals surface area contributed by atoms with Crippen molar-refractivity contribution in [1.82, 2.24) is 29.9 Å². The number of hydrogen-bond donors (Lipinski definition) is 0. The van der Waals surface area contributed by atoms with Crippen molar-refractivity contribution >= 4 is 28.0 Å². The third kappa shape index (κ3) is 2.52. The van der Waals surface area contributed by atoms with E-state index in [0.29, 0.717) is 17.8 Å². The number of benzene rings is 1. The fourth-order valence-corrected chi connectivity index (χ4v) is 3.78. The molecule has 1 spiro atoms. The van der Waals surface area contributed by atoms with E-state index in [-0.39, 0.29) is 5.60 Å². The van der Waals surface area contributed by atoms with Gasteiger partial charge in [0, 0.05) is 18.1 Å².